The molecule has 1 nitrogen and oxygen atoms in total. The molecule has 0 saturated heterocycles. The van der Waals surface area contributed by atoms with Crippen molar-refractivity contribution in [3.05, 3.63) is 40.0 Å². The van der Waals surface area contributed by atoms with Crippen LogP contribution in [-0.4, -0.2) is 4.98 Å². The van der Waals surface area contributed by atoms with E-state index in [1.54, 1.807) is 0 Å². The number of nitrogens with zero attached hydrogens (tertiary/aromatic N) is 1. The first-order valence-corrected chi connectivity index (χ1v) is 5.54. The molecule has 1 aromatic carbocycles. The molecule has 0 fully saturated rings. The van der Waals surface area contributed by atoms with E-state index in [9.17, 15) is 22.0 Å². The van der Waals surface area contributed by atoms with E-state index in [2.05, 4.69) is 4.98 Å². The Bertz CT molecular complexity index is 636. The molecule has 0 aliphatic heterocycles. The van der Waals surface area contributed by atoms with E-state index in [0.29, 0.717) is 6.07 Å². The zero-order valence-corrected chi connectivity index (χ0v) is 10.3. The van der Waals surface area contributed by atoms with Gasteiger partial charge in [-0.2, -0.15) is 13.2 Å². The van der Waals surface area contributed by atoms with Gasteiger partial charge in [-0.1, -0.05) is 17.7 Å². The second kappa shape index (κ2) is 4.59. The number of fused-ring (bicyclic) bond motifs is 1. The van der Waals surface area contributed by atoms with E-state index < -0.39 is 23.9 Å². The Morgan fingerprint density at radius 2 is 1.84 bits per heavy atom. The third kappa shape index (κ3) is 2.49. The molecule has 0 saturated carbocycles. The maximum Gasteiger partial charge on any atom is 0.433 e. The van der Waals surface area contributed by atoms with Gasteiger partial charge < -0.3 is 0 Å². The molecular formula is C12H7ClF5N. The largest absolute Gasteiger partial charge is 0.433 e. The molecule has 0 N–H and O–H groups in total. The van der Waals surface area contributed by atoms with Crippen LogP contribution in [0.2, 0.25) is 5.02 Å². The van der Waals surface area contributed by atoms with Gasteiger partial charge in [0, 0.05) is 16.0 Å². The smallest absolute Gasteiger partial charge is 0.243 e. The Hall–Kier alpha value is -1.43. The lowest BCUT2D eigenvalue weighted by Crippen LogP contribution is -2.10. The number of aryl methyl sites for hydroxylation is 1. The molecule has 0 amide bonds. The number of halogens is 6. The maximum atomic E-state index is 12.9. The SMILES string of the molecule is Cc1c(Cl)ccc2c(C(F)F)cc(C(F)(F)F)nc12. The van der Waals surface area contributed by atoms with E-state index in [1.165, 1.54) is 19.1 Å². The Morgan fingerprint density at radius 3 is 2.37 bits per heavy atom. The van der Waals surface area contributed by atoms with Crippen LogP contribution in [0, 0.1) is 6.92 Å². The van der Waals surface area contributed by atoms with Crippen LogP contribution in [0.3, 0.4) is 0 Å². The first-order valence-electron chi connectivity index (χ1n) is 5.17. The number of pyridine rings is 1. The fraction of sp³-hybridized carbons (Fsp3) is 0.250. The summed E-state index contributed by atoms with van der Waals surface area (Å²) in [4.78, 5) is 3.41. The van der Waals surface area contributed by atoms with Crippen molar-refractivity contribution in [2.24, 2.45) is 0 Å². The minimum Gasteiger partial charge on any atom is -0.243 e. The standard InChI is InChI=1S/C12H7ClF5N/c1-5-8(13)3-2-6-7(11(14)15)4-9(12(16,17)18)19-10(5)6/h2-4,11H,1H3. The van der Waals surface area contributed by atoms with Crippen LogP contribution in [0.1, 0.15) is 23.2 Å². The lowest BCUT2D eigenvalue weighted by molar-refractivity contribution is -0.141. The van der Waals surface area contributed by atoms with Crippen LogP contribution < -0.4 is 0 Å². The Balaban J connectivity index is 2.88. The molecule has 0 aliphatic carbocycles. The highest BCUT2D eigenvalue weighted by molar-refractivity contribution is 6.32. The first-order chi connectivity index (χ1) is 8.71. The molecule has 0 aliphatic rings. The van der Waals surface area contributed by atoms with E-state index in [0.717, 1.165) is 0 Å². The molecule has 1 aromatic heterocycles. The Morgan fingerprint density at radius 1 is 1.21 bits per heavy atom. The molecule has 19 heavy (non-hydrogen) atoms. The maximum absolute atomic E-state index is 12.9. The fourth-order valence-corrected chi connectivity index (χ4v) is 1.91. The summed E-state index contributed by atoms with van der Waals surface area (Å²) >= 11 is 5.78. The van der Waals surface area contributed by atoms with Crippen molar-refractivity contribution in [3.8, 4) is 0 Å². The summed E-state index contributed by atoms with van der Waals surface area (Å²) in [6, 6.07) is 2.99. The van der Waals surface area contributed by atoms with Crippen LogP contribution in [0.5, 0.6) is 0 Å². The number of rotatable bonds is 1. The monoisotopic (exact) mass is 295 g/mol. The predicted molar refractivity (Wildman–Crippen MR) is 61.4 cm³/mol. The number of aromatic nitrogens is 1. The van der Waals surface area contributed by atoms with Crippen LogP contribution in [0.15, 0.2) is 18.2 Å². The summed E-state index contributed by atoms with van der Waals surface area (Å²) < 4.78 is 63.7. The van der Waals surface area contributed by atoms with Crippen molar-refractivity contribution in [2.45, 2.75) is 19.5 Å². The molecule has 2 aromatic rings. The lowest BCUT2D eigenvalue weighted by Gasteiger charge is -2.13. The van der Waals surface area contributed by atoms with Crippen molar-refractivity contribution in [1.29, 1.82) is 0 Å². The fourth-order valence-electron chi connectivity index (χ4n) is 1.76. The van der Waals surface area contributed by atoms with Gasteiger partial charge in [0.25, 0.3) is 6.43 Å². The second-order valence-electron chi connectivity index (χ2n) is 3.96. The minimum absolute atomic E-state index is 0.0232. The summed E-state index contributed by atoms with van der Waals surface area (Å²) in [5.74, 6) is 0. The number of benzene rings is 1. The zero-order valence-electron chi connectivity index (χ0n) is 9.52. The van der Waals surface area contributed by atoms with Gasteiger partial charge in [-0.15, -0.1) is 0 Å². The van der Waals surface area contributed by atoms with Crippen molar-refractivity contribution in [2.75, 3.05) is 0 Å². The second-order valence-corrected chi connectivity index (χ2v) is 4.37. The third-order valence-corrected chi connectivity index (χ3v) is 3.14. The highest BCUT2D eigenvalue weighted by Crippen LogP contribution is 2.36. The number of hydrogen-bond donors (Lipinski definition) is 0. The summed E-state index contributed by atoms with van der Waals surface area (Å²) in [5, 5.41) is 0.157. The molecule has 2 rings (SSSR count). The Labute approximate surface area is 110 Å². The van der Waals surface area contributed by atoms with Gasteiger partial charge in [0.1, 0.15) is 5.69 Å². The molecule has 7 heteroatoms. The van der Waals surface area contributed by atoms with Gasteiger partial charge in [-0.25, -0.2) is 13.8 Å². The van der Waals surface area contributed by atoms with Crippen molar-refractivity contribution >= 4 is 22.5 Å². The van der Waals surface area contributed by atoms with E-state index in [4.69, 9.17) is 11.6 Å². The van der Waals surface area contributed by atoms with Gasteiger partial charge in [-0.05, 0) is 24.6 Å². The topological polar surface area (TPSA) is 12.9 Å². The number of hydrogen-bond acceptors (Lipinski definition) is 1. The third-order valence-electron chi connectivity index (χ3n) is 2.73. The molecule has 0 spiro atoms. The van der Waals surface area contributed by atoms with Crippen LogP contribution >= 0.6 is 11.6 Å². The first kappa shape index (κ1) is 14.0. The van der Waals surface area contributed by atoms with Gasteiger partial charge >= 0.3 is 6.18 Å². The molecule has 0 bridgehead atoms. The average molecular weight is 296 g/mol. The van der Waals surface area contributed by atoms with Crippen molar-refractivity contribution in [1.82, 2.24) is 4.98 Å². The highest BCUT2D eigenvalue weighted by atomic mass is 35.5. The van der Waals surface area contributed by atoms with E-state index in [-0.39, 0.29) is 21.5 Å². The molecule has 0 radical (unpaired) electrons. The van der Waals surface area contributed by atoms with Gasteiger partial charge in [-0.3, -0.25) is 0 Å². The normalized spacial score (nSPS) is 12.4. The highest BCUT2D eigenvalue weighted by Gasteiger charge is 2.34. The summed E-state index contributed by atoms with van der Waals surface area (Å²) in [6.45, 7) is 1.44. The van der Waals surface area contributed by atoms with Crippen LogP contribution in [0.4, 0.5) is 22.0 Å². The molecule has 1 heterocycles. The summed E-state index contributed by atoms with van der Waals surface area (Å²) in [5.41, 5.74) is -1.96. The number of alkyl halides is 5. The molecular weight excluding hydrogens is 289 g/mol. The quantitative estimate of drug-likeness (QED) is 0.663. The van der Waals surface area contributed by atoms with Crippen molar-refractivity contribution in [3.63, 3.8) is 0 Å². The summed E-state index contributed by atoms with van der Waals surface area (Å²) in [6.07, 6.45) is -7.81. The molecule has 0 unspecified atom stereocenters. The van der Waals surface area contributed by atoms with Gasteiger partial charge in [0.2, 0.25) is 0 Å². The average Bonchev–Trinajstić information content (AvgIpc) is 2.31. The van der Waals surface area contributed by atoms with Crippen molar-refractivity contribution < 1.29 is 22.0 Å². The summed E-state index contributed by atoms with van der Waals surface area (Å²) in [7, 11) is 0. The molecule has 102 valence electrons. The van der Waals surface area contributed by atoms with Gasteiger partial charge in [0.05, 0.1) is 5.52 Å². The van der Waals surface area contributed by atoms with E-state index in [1.807, 2.05) is 0 Å². The van der Waals surface area contributed by atoms with Gasteiger partial charge in [0.15, 0.2) is 0 Å². The lowest BCUT2D eigenvalue weighted by atomic mass is 10.0. The Kier molecular flexibility index (Phi) is 3.38. The van der Waals surface area contributed by atoms with E-state index >= 15 is 0 Å². The van der Waals surface area contributed by atoms with Crippen LogP contribution in [-0.2, 0) is 6.18 Å². The zero-order chi connectivity index (χ0) is 14.4. The van der Waals surface area contributed by atoms with Crippen LogP contribution in [0.25, 0.3) is 10.9 Å². The minimum atomic E-state index is -4.79. The predicted octanol–water partition coefficient (Wildman–Crippen LogP) is 5.15. The molecule has 0 atom stereocenters.